The van der Waals surface area contributed by atoms with Crippen molar-refractivity contribution in [1.29, 1.82) is 0 Å². The van der Waals surface area contributed by atoms with Gasteiger partial charge in [-0.3, -0.25) is 14.9 Å². The minimum Gasteiger partial charge on any atom is -0.355 e. The van der Waals surface area contributed by atoms with Crippen molar-refractivity contribution in [3.8, 4) is 11.3 Å². The highest BCUT2D eigenvalue weighted by Crippen LogP contribution is 2.26. The average Bonchev–Trinajstić information content (AvgIpc) is 2.80. The summed E-state index contributed by atoms with van der Waals surface area (Å²) < 4.78 is 0. The van der Waals surface area contributed by atoms with Gasteiger partial charge >= 0.3 is 0 Å². The predicted molar refractivity (Wildman–Crippen MR) is 124 cm³/mol. The molecule has 4 rings (SSSR count). The molecule has 1 aliphatic heterocycles. The summed E-state index contributed by atoms with van der Waals surface area (Å²) in [5.74, 6) is 1.23. The molecule has 32 heavy (non-hydrogen) atoms. The second-order valence-corrected chi connectivity index (χ2v) is 8.19. The van der Waals surface area contributed by atoms with Crippen molar-refractivity contribution in [3.63, 3.8) is 0 Å². The molecule has 1 N–H and O–H groups in total. The van der Waals surface area contributed by atoms with Crippen molar-refractivity contribution in [2.24, 2.45) is 5.92 Å². The molecule has 8 nitrogen and oxygen atoms in total. The standard InChI is InChI=1S/C24H25N5O3/c1-16-11-13-28(14-12-16)23-10-9-21(26-27-23)18-5-3-6-19(15-18)25-24(30)20-7-4-8-22(17(20)2)29(31)32/h3-10,15-16H,11-14H2,1-2H3,(H,25,30). The summed E-state index contributed by atoms with van der Waals surface area (Å²) in [5.41, 5.74) is 2.63. The SMILES string of the molecule is Cc1c(C(=O)Nc2cccc(-c3ccc(N4CCC(C)CC4)nn3)c2)cccc1[N+](=O)[O-]. The van der Waals surface area contributed by atoms with Crippen LogP contribution < -0.4 is 10.2 Å². The lowest BCUT2D eigenvalue weighted by Crippen LogP contribution is -2.33. The Morgan fingerprint density at radius 3 is 2.53 bits per heavy atom. The van der Waals surface area contributed by atoms with E-state index in [0.717, 1.165) is 43.2 Å². The van der Waals surface area contributed by atoms with Crippen LogP contribution in [-0.2, 0) is 0 Å². The van der Waals surface area contributed by atoms with Crippen LogP contribution in [0, 0.1) is 23.0 Å². The lowest BCUT2D eigenvalue weighted by Gasteiger charge is -2.30. The van der Waals surface area contributed by atoms with Gasteiger partial charge in [-0.2, -0.15) is 0 Å². The molecule has 1 saturated heterocycles. The third-order valence-corrected chi connectivity index (χ3v) is 5.92. The molecule has 1 amide bonds. The molecule has 0 saturated carbocycles. The number of nitrogens with one attached hydrogen (secondary N) is 1. The summed E-state index contributed by atoms with van der Waals surface area (Å²) in [4.78, 5) is 25.7. The Bertz CT molecular complexity index is 1140. The van der Waals surface area contributed by atoms with Crippen LogP contribution in [0.15, 0.2) is 54.6 Å². The summed E-state index contributed by atoms with van der Waals surface area (Å²) in [6.07, 6.45) is 2.32. The van der Waals surface area contributed by atoms with Crippen molar-refractivity contribution in [2.45, 2.75) is 26.7 Å². The number of benzene rings is 2. The number of carbonyl (C=O) groups is 1. The Labute approximate surface area is 186 Å². The van der Waals surface area contributed by atoms with Gasteiger partial charge in [0, 0.05) is 41.5 Å². The monoisotopic (exact) mass is 431 g/mol. The van der Waals surface area contributed by atoms with Crippen LogP contribution in [-0.4, -0.2) is 34.1 Å². The van der Waals surface area contributed by atoms with E-state index < -0.39 is 10.8 Å². The van der Waals surface area contributed by atoms with Gasteiger partial charge in [-0.15, -0.1) is 10.2 Å². The summed E-state index contributed by atoms with van der Waals surface area (Å²) in [6, 6.07) is 15.7. The van der Waals surface area contributed by atoms with E-state index in [0.29, 0.717) is 16.9 Å². The van der Waals surface area contributed by atoms with Crippen molar-refractivity contribution >= 4 is 23.1 Å². The smallest absolute Gasteiger partial charge is 0.273 e. The molecule has 3 aromatic rings. The molecule has 2 aromatic carbocycles. The Kier molecular flexibility index (Phi) is 6.11. The number of carbonyl (C=O) groups excluding carboxylic acids is 1. The third-order valence-electron chi connectivity index (χ3n) is 5.92. The number of piperidine rings is 1. The van der Waals surface area contributed by atoms with Crippen molar-refractivity contribution in [3.05, 3.63) is 75.8 Å². The normalized spacial score (nSPS) is 14.2. The van der Waals surface area contributed by atoms with Crippen molar-refractivity contribution < 1.29 is 9.72 Å². The number of nitro groups is 1. The van der Waals surface area contributed by atoms with Crippen LogP contribution in [0.2, 0.25) is 0 Å². The summed E-state index contributed by atoms with van der Waals surface area (Å²) in [6.45, 7) is 5.84. The van der Waals surface area contributed by atoms with Gasteiger partial charge in [-0.25, -0.2) is 0 Å². The first kappa shape index (κ1) is 21.4. The first-order valence-electron chi connectivity index (χ1n) is 10.7. The van der Waals surface area contributed by atoms with Gasteiger partial charge in [0.2, 0.25) is 0 Å². The van der Waals surface area contributed by atoms with Gasteiger partial charge in [0.1, 0.15) is 0 Å². The maximum atomic E-state index is 12.7. The Balaban J connectivity index is 1.50. The fourth-order valence-electron chi connectivity index (χ4n) is 3.91. The Morgan fingerprint density at radius 2 is 1.84 bits per heavy atom. The van der Waals surface area contributed by atoms with E-state index in [1.54, 1.807) is 19.1 Å². The molecular formula is C24H25N5O3. The zero-order valence-corrected chi connectivity index (χ0v) is 18.1. The molecule has 1 aromatic heterocycles. The van der Waals surface area contributed by atoms with Gasteiger partial charge in [-0.1, -0.05) is 25.1 Å². The molecule has 2 heterocycles. The summed E-state index contributed by atoms with van der Waals surface area (Å²) >= 11 is 0. The molecule has 0 bridgehead atoms. The maximum absolute atomic E-state index is 12.7. The van der Waals surface area contributed by atoms with Gasteiger partial charge in [0.05, 0.1) is 10.6 Å². The molecule has 0 radical (unpaired) electrons. The highest BCUT2D eigenvalue weighted by molar-refractivity contribution is 6.06. The molecule has 0 spiro atoms. The molecule has 1 fully saturated rings. The number of hydrogen-bond acceptors (Lipinski definition) is 6. The van der Waals surface area contributed by atoms with E-state index in [9.17, 15) is 14.9 Å². The molecule has 164 valence electrons. The van der Waals surface area contributed by atoms with E-state index >= 15 is 0 Å². The average molecular weight is 431 g/mol. The number of anilines is 2. The van der Waals surface area contributed by atoms with Gasteiger partial charge in [-0.05, 0) is 56.0 Å². The second kappa shape index (κ2) is 9.13. The number of rotatable bonds is 5. The largest absolute Gasteiger partial charge is 0.355 e. The van der Waals surface area contributed by atoms with Crippen molar-refractivity contribution in [1.82, 2.24) is 10.2 Å². The van der Waals surface area contributed by atoms with Crippen LogP contribution in [0.5, 0.6) is 0 Å². The summed E-state index contributed by atoms with van der Waals surface area (Å²) in [5, 5.41) is 22.8. The van der Waals surface area contributed by atoms with Crippen molar-refractivity contribution in [2.75, 3.05) is 23.3 Å². The first-order chi connectivity index (χ1) is 15.4. The first-order valence-corrected chi connectivity index (χ1v) is 10.7. The van der Waals surface area contributed by atoms with Gasteiger partial charge in [0.25, 0.3) is 11.6 Å². The quantitative estimate of drug-likeness (QED) is 0.458. The molecule has 0 atom stereocenters. The van der Waals surface area contributed by atoms with E-state index in [4.69, 9.17) is 0 Å². The summed E-state index contributed by atoms with van der Waals surface area (Å²) in [7, 11) is 0. The lowest BCUT2D eigenvalue weighted by atomic mass is 9.99. The molecule has 8 heteroatoms. The second-order valence-electron chi connectivity index (χ2n) is 8.19. The molecular weight excluding hydrogens is 406 g/mol. The van der Waals surface area contributed by atoms with Gasteiger partial charge in [0.15, 0.2) is 5.82 Å². The number of nitrogens with zero attached hydrogens (tertiary/aromatic N) is 4. The molecule has 0 unspecified atom stereocenters. The van der Waals surface area contributed by atoms with Crippen LogP contribution >= 0.6 is 0 Å². The number of hydrogen-bond donors (Lipinski definition) is 1. The van der Waals surface area contributed by atoms with E-state index in [-0.39, 0.29) is 11.3 Å². The van der Waals surface area contributed by atoms with Crippen LogP contribution in [0.3, 0.4) is 0 Å². The van der Waals surface area contributed by atoms with Crippen LogP contribution in [0.4, 0.5) is 17.2 Å². The zero-order chi connectivity index (χ0) is 22.7. The zero-order valence-electron chi connectivity index (χ0n) is 18.1. The highest BCUT2D eigenvalue weighted by Gasteiger charge is 2.19. The number of nitro benzene ring substituents is 1. The minimum atomic E-state index is -0.487. The highest BCUT2D eigenvalue weighted by atomic mass is 16.6. The van der Waals surface area contributed by atoms with E-state index in [1.165, 1.54) is 12.1 Å². The topological polar surface area (TPSA) is 101 Å². The van der Waals surface area contributed by atoms with Crippen LogP contribution in [0.25, 0.3) is 11.3 Å². The molecule has 1 aliphatic rings. The van der Waals surface area contributed by atoms with Crippen LogP contribution in [0.1, 0.15) is 35.7 Å². The Hall–Kier alpha value is -3.81. The predicted octanol–water partition coefficient (Wildman–Crippen LogP) is 4.85. The maximum Gasteiger partial charge on any atom is 0.273 e. The van der Waals surface area contributed by atoms with Gasteiger partial charge < -0.3 is 10.2 Å². The fraction of sp³-hybridized carbons (Fsp3) is 0.292. The minimum absolute atomic E-state index is 0.0788. The molecule has 0 aliphatic carbocycles. The number of aromatic nitrogens is 2. The fourth-order valence-corrected chi connectivity index (χ4v) is 3.91. The third kappa shape index (κ3) is 4.59. The van der Waals surface area contributed by atoms with E-state index in [2.05, 4.69) is 27.3 Å². The Morgan fingerprint density at radius 1 is 1.09 bits per heavy atom. The lowest BCUT2D eigenvalue weighted by molar-refractivity contribution is -0.385. The number of amides is 1. The van der Waals surface area contributed by atoms with E-state index in [1.807, 2.05) is 30.3 Å².